The van der Waals surface area contributed by atoms with Crippen molar-refractivity contribution in [1.29, 1.82) is 0 Å². The molecule has 3 N–H and O–H groups in total. The Morgan fingerprint density at radius 1 is 1.05 bits per heavy atom. The van der Waals surface area contributed by atoms with Crippen molar-refractivity contribution in [3.63, 3.8) is 0 Å². The van der Waals surface area contributed by atoms with Gasteiger partial charge in [-0.15, -0.1) is 0 Å². The number of rotatable bonds is 3. The second kappa shape index (κ2) is 4.91. The predicted octanol–water partition coefficient (Wildman–Crippen LogP) is 1.61. The van der Waals surface area contributed by atoms with Gasteiger partial charge in [0.2, 0.25) is 10.0 Å². The third kappa shape index (κ3) is 2.46. The van der Waals surface area contributed by atoms with Gasteiger partial charge < -0.3 is 5.11 Å². The third-order valence-electron chi connectivity index (χ3n) is 2.68. The van der Waals surface area contributed by atoms with E-state index >= 15 is 0 Å². The number of phenolic OH excluding ortho intramolecular Hbond substituents is 1. The largest absolute Gasteiger partial charge is 0.507 e. The second-order valence-corrected chi connectivity index (χ2v) is 5.50. The molecule has 8 heteroatoms. The Hall–Kier alpha value is -2.45. The van der Waals surface area contributed by atoms with E-state index in [0.29, 0.717) is 0 Å². The molecule has 0 aliphatic carbocycles. The molecule has 0 spiro atoms. The standard InChI is InChI=1S/C12H10N2O5S/c13-20(18,19)11-7-3-5-9(12(11)14(16)17)8-4-1-2-6-10(8)15/h1-7,15H,(H2,13,18,19). The molecule has 0 unspecified atom stereocenters. The summed E-state index contributed by atoms with van der Waals surface area (Å²) in [6.07, 6.45) is 0. The first kappa shape index (κ1) is 14.0. The second-order valence-electron chi connectivity index (χ2n) is 3.97. The summed E-state index contributed by atoms with van der Waals surface area (Å²) in [7, 11) is -4.25. The van der Waals surface area contributed by atoms with E-state index in [1.807, 2.05) is 0 Å². The van der Waals surface area contributed by atoms with Gasteiger partial charge in [0.25, 0.3) is 5.69 Å². The molecule has 0 saturated heterocycles. The Kier molecular flexibility index (Phi) is 3.43. The molecule has 0 aliphatic rings. The van der Waals surface area contributed by atoms with E-state index in [0.717, 1.165) is 6.07 Å². The van der Waals surface area contributed by atoms with Crippen LogP contribution in [-0.4, -0.2) is 18.4 Å². The fourth-order valence-corrected chi connectivity index (χ4v) is 2.58. The maximum Gasteiger partial charge on any atom is 0.297 e. The van der Waals surface area contributed by atoms with Crippen molar-refractivity contribution in [2.75, 3.05) is 0 Å². The van der Waals surface area contributed by atoms with Gasteiger partial charge >= 0.3 is 0 Å². The maximum absolute atomic E-state index is 11.4. The first-order valence-electron chi connectivity index (χ1n) is 5.41. The molecule has 20 heavy (non-hydrogen) atoms. The highest BCUT2D eigenvalue weighted by atomic mass is 32.2. The molecule has 2 aromatic carbocycles. The van der Waals surface area contributed by atoms with Gasteiger partial charge in [-0.25, -0.2) is 13.6 Å². The van der Waals surface area contributed by atoms with Crippen LogP contribution in [0.3, 0.4) is 0 Å². The Labute approximate surface area is 114 Å². The normalized spacial score (nSPS) is 11.2. The lowest BCUT2D eigenvalue weighted by Gasteiger charge is -2.08. The Bertz CT molecular complexity index is 786. The molecule has 0 aliphatic heterocycles. The first-order valence-corrected chi connectivity index (χ1v) is 6.95. The van der Waals surface area contributed by atoms with Crippen molar-refractivity contribution in [1.82, 2.24) is 0 Å². The highest BCUT2D eigenvalue weighted by Crippen LogP contribution is 2.38. The zero-order valence-corrected chi connectivity index (χ0v) is 10.9. The van der Waals surface area contributed by atoms with Crippen LogP contribution in [0.15, 0.2) is 47.4 Å². The molecule has 2 aromatic rings. The minimum absolute atomic E-state index is 0.0142. The molecular formula is C12H10N2O5S. The van der Waals surface area contributed by atoms with Crippen molar-refractivity contribution >= 4 is 15.7 Å². The number of aromatic hydroxyl groups is 1. The van der Waals surface area contributed by atoms with E-state index in [2.05, 4.69) is 0 Å². The number of hydrogen-bond acceptors (Lipinski definition) is 5. The lowest BCUT2D eigenvalue weighted by Crippen LogP contribution is -2.14. The number of benzene rings is 2. The topological polar surface area (TPSA) is 124 Å². The summed E-state index contributed by atoms with van der Waals surface area (Å²) >= 11 is 0. The number of primary sulfonamides is 1. The van der Waals surface area contributed by atoms with Crippen LogP contribution in [0.4, 0.5) is 5.69 Å². The minimum atomic E-state index is -4.25. The van der Waals surface area contributed by atoms with Crippen LogP contribution in [0, 0.1) is 10.1 Å². The van der Waals surface area contributed by atoms with Gasteiger partial charge in [0.05, 0.1) is 10.5 Å². The molecule has 0 atom stereocenters. The predicted molar refractivity (Wildman–Crippen MR) is 71.6 cm³/mol. The highest BCUT2D eigenvalue weighted by molar-refractivity contribution is 7.89. The monoisotopic (exact) mass is 294 g/mol. The summed E-state index contributed by atoms with van der Waals surface area (Å²) in [5.41, 5.74) is -0.513. The molecule has 104 valence electrons. The summed E-state index contributed by atoms with van der Waals surface area (Å²) in [6.45, 7) is 0. The zero-order valence-electron chi connectivity index (χ0n) is 10.1. The molecule has 2 rings (SSSR count). The number of nitro benzene ring substituents is 1. The Balaban J connectivity index is 2.86. The average Bonchev–Trinajstić information content (AvgIpc) is 2.37. The summed E-state index contributed by atoms with van der Waals surface area (Å²) in [5, 5.41) is 25.9. The molecular weight excluding hydrogens is 284 g/mol. The van der Waals surface area contributed by atoms with Gasteiger partial charge in [0, 0.05) is 5.56 Å². The molecule has 0 aromatic heterocycles. The molecule has 0 radical (unpaired) electrons. The summed E-state index contributed by atoms with van der Waals surface area (Å²) < 4.78 is 22.9. The van der Waals surface area contributed by atoms with Crippen molar-refractivity contribution in [2.24, 2.45) is 5.14 Å². The van der Waals surface area contributed by atoms with Crippen LogP contribution in [0.5, 0.6) is 5.75 Å². The number of nitro groups is 1. The Morgan fingerprint density at radius 2 is 1.65 bits per heavy atom. The van der Waals surface area contributed by atoms with Crippen LogP contribution in [0.2, 0.25) is 0 Å². The average molecular weight is 294 g/mol. The van der Waals surface area contributed by atoms with Gasteiger partial charge in [-0.1, -0.05) is 24.3 Å². The van der Waals surface area contributed by atoms with Gasteiger partial charge in [-0.05, 0) is 18.2 Å². The van der Waals surface area contributed by atoms with Crippen LogP contribution in [0.25, 0.3) is 11.1 Å². The summed E-state index contributed by atoms with van der Waals surface area (Å²) in [4.78, 5) is 9.75. The van der Waals surface area contributed by atoms with Gasteiger partial charge in [0.15, 0.2) is 4.90 Å². The quantitative estimate of drug-likeness (QED) is 0.657. The molecule has 0 bridgehead atoms. The van der Waals surface area contributed by atoms with E-state index in [-0.39, 0.29) is 16.9 Å². The smallest absolute Gasteiger partial charge is 0.297 e. The van der Waals surface area contributed by atoms with Crippen molar-refractivity contribution in [3.05, 3.63) is 52.6 Å². The lowest BCUT2D eigenvalue weighted by atomic mass is 10.0. The molecule has 0 fully saturated rings. The van der Waals surface area contributed by atoms with E-state index in [1.54, 1.807) is 12.1 Å². The van der Waals surface area contributed by atoms with Gasteiger partial charge in [-0.3, -0.25) is 10.1 Å². The zero-order chi connectivity index (χ0) is 14.9. The Morgan fingerprint density at radius 3 is 2.20 bits per heavy atom. The number of phenols is 1. The van der Waals surface area contributed by atoms with Crippen LogP contribution >= 0.6 is 0 Å². The number of nitrogens with zero attached hydrogens (tertiary/aromatic N) is 1. The molecule has 0 saturated carbocycles. The van der Waals surface area contributed by atoms with Gasteiger partial charge in [-0.2, -0.15) is 0 Å². The van der Waals surface area contributed by atoms with Crippen molar-refractivity contribution in [3.8, 4) is 16.9 Å². The van der Waals surface area contributed by atoms with E-state index in [1.165, 1.54) is 24.3 Å². The number of hydrogen-bond donors (Lipinski definition) is 2. The number of para-hydroxylation sites is 2. The minimum Gasteiger partial charge on any atom is -0.507 e. The van der Waals surface area contributed by atoms with E-state index < -0.39 is 25.5 Å². The van der Waals surface area contributed by atoms with Gasteiger partial charge in [0.1, 0.15) is 5.75 Å². The SMILES string of the molecule is NS(=O)(=O)c1cccc(-c2ccccc2O)c1[N+](=O)[O-]. The third-order valence-corrected chi connectivity index (χ3v) is 3.62. The van der Waals surface area contributed by atoms with Crippen molar-refractivity contribution in [2.45, 2.75) is 4.90 Å². The van der Waals surface area contributed by atoms with E-state index in [9.17, 15) is 23.6 Å². The van der Waals surface area contributed by atoms with Crippen LogP contribution in [0.1, 0.15) is 0 Å². The van der Waals surface area contributed by atoms with Crippen LogP contribution < -0.4 is 5.14 Å². The lowest BCUT2D eigenvalue weighted by molar-refractivity contribution is -0.387. The number of sulfonamides is 1. The molecule has 7 nitrogen and oxygen atoms in total. The van der Waals surface area contributed by atoms with E-state index in [4.69, 9.17) is 5.14 Å². The summed E-state index contributed by atoms with van der Waals surface area (Å²) in [6, 6.07) is 9.65. The van der Waals surface area contributed by atoms with Crippen molar-refractivity contribution < 1.29 is 18.4 Å². The highest BCUT2D eigenvalue weighted by Gasteiger charge is 2.27. The first-order chi connectivity index (χ1) is 9.32. The van der Waals surface area contributed by atoms with Crippen LogP contribution in [-0.2, 0) is 10.0 Å². The summed E-state index contributed by atoms with van der Waals surface area (Å²) in [5.74, 6) is -0.192. The number of nitrogens with two attached hydrogens (primary N) is 1. The fraction of sp³-hybridized carbons (Fsp3) is 0. The maximum atomic E-state index is 11.4. The molecule has 0 amide bonds. The molecule has 0 heterocycles. The fourth-order valence-electron chi connectivity index (χ4n) is 1.86.